The molecule has 21 heavy (non-hydrogen) atoms. The minimum Gasteiger partial charge on any atom is -0.326 e. The molecule has 0 saturated heterocycles. The van der Waals surface area contributed by atoms with Gasteiger partial charge in [-0.3, -0.25) is 4.68 Å². The SMILES string of the molecule is NCc1ccc(S(=O)(=O)NCCCn2ccnn2)c(F)c1. The maximum Gasteiger partial charge on any atom is 0.243 e. The van der Waals surface area contributed by atoms with Crippen molar-refractivity contribution in [2.24, 2.45) is 5.73 Å². The second kappa shape index (κ2) is 6.74. The number of nitrogens with zero attached hydrogens (tertiary/aromatic N) is 3. The molecule has 0 amide bonds. The monoisotopic (exact) mass is 313 g/mol. The van der Waals surface area contributed by atoms with E-state index < -0.39 is 15.8 Å². The van der Waals surface area contributed by atoms with Gasteiger partial charge in [-0.05, 0) is 24.1 Å². The van der Waals surface area contributed by atoms with Crippen LogP contribution >= 0.6 is 0 Å². The fourth-order valence-electron chi connectivity index (χ4n) is 1.77. The predicted molar refractivity (Wildman–Crippen MR) is 74.1 cm³/mol. The van der Waals surface area contributed by atoms with Crippen molar-refractivity contribution in [1.29, 1.82) is 0 Å². The molecule has 0 spiro atoms. The van der Waals surface area contributed by atoms with Crippen LogP contribution in [-0.4, -0.2) is 30.0 Å². The highest BCUT2D eigenvalue weighted by molar-refractivity contribution is 7.89. The van der Waals surface area contributed by atoms with E-state index in [-0.39, 0.29) is 18.0 Å². The Bertz CT molecular complexity index is 688. The first kappa shape index (κ1) is 15.5. The summed E-state index contributed by atoms with van der Waals surface area (Å²) in [4.78, 5) is -0.375. The molecule has 0 fully saturated rings. The van der Waals surface area contributed by atoms with Gasteiger partial charge in [0.1, 0.15) is 10.7 Å². The number of nitrogens with two attached hydrogens (primary N) is 1. The van der Waals surface area contributed by atoms with Gasteiger partial charge in [0.25, 0.3) is 0 Å². The van der Waals surface area contributed by atoms with Crippen LogP contribution in [0.2, 0.25) is 0 Å². The van der Waals surface area contributed by atoms with Crippen molar-refractivity contribution < 1.29 is 12.8 Å². The maximum atomic E-state index is 13.8. The van der Waals surface area contributed by atoms with E-state index in [0.29, 0.717) is 18.5 Å². The van der Waals surface area contributed by atoms with Gasteiger partial charge in [0.15, 0.2) is 0 Å². The fraction of sp³-hybridized carbons (Fsp3) is 0.333. The lowest BCUT2D eigenvalue weighted by atomic mass is 10.2. The molecule has 3 N–H and O–H groups in total. The molecule has 9 heteroatoms. The third-order valence-electron chi connectivity index (χ3n) is 2.85. The Morgan fingerprint density at radius 2 is 2.19 bits per heavy atom. The van der Waals surface area contributed by atoms with Gasteiger partial charge in [-0.25, -0.2) is 17.5 Å². The molecule has 7 nitrogen and oxygen atoms in total. The highest BCUT2D eigenvalue weighted by atomic mass is 32.2. The number of benzene rings is 1. The number of hydrogen-bond acceptors (Lipinski definition) is 5. The van der Waals surface area contributed by atoms with Crippen LogP contribution < -0.4 is 10.5 Å². The number of aromatic nitrogens is 3. The highest BCUT2D eigenvalue weighted by Crippen LogP contribution is 2.15. The van der Waals surface area contributed by atoms with E-state index >= 15 is 0 Å². The lowest BCUT2D eigenvalue weighted by molar-refractivity contribution is 0.535. The van der Waals surface area contributed by atoms with Crippen LogP contribution in [0.3, 0.4) is 0 Å². The summed E-state index contributed by atoms with van der Waals surface area (Å²) in [5.74, 6) is -0.804. The summed E-state index contributed by atoms with van der Waals surface area (Å²) in [5, 5.41) is 7.40. The van der Waals surface area contributed by atoms with Crippen LogP contribution in [0.25, 0.3) is 0 Å². The largest absolute Gasteiger partial charge is 0.326 e. The second-order valence-electron chi connectivity index (χ2n) is 4.39. The summed E-state index contributed by atoms with van der Waals surface area (Å²) in [6.07, 6.45) is 3.74. The molecule has 1 aromatic carbocycles. The zero-order valence-electron chi connectivity index (χ0n) is 11.2. The number of rotatable bonds is 7. The molecule has 2 rings (SSSR count). The number of halogens is 1. The van der Waals surface area contributed by atoms with Crippen molar-refractivity contribution in [1.82, 2.24) is 19.7 Å². The molecule has 114 valence electrons. The number of sulfonamides is 1. The van der Waals surface area contributed by atoms with Gasteiger partial charge in [0, 0.05) is 25.8 Å². The summed E-state index contributed by atoms with van der Waals surface area (Å²) in [5.41, 5.74) is 5.92. The fourth-order valence-corrected chi connectivity index (χ4v) is 2.90. The van der Waals surface area contributed by atoms with E-state index in [2.05, 4.69) is 15.0 Å². The summed E-state index contributed by atoms with van der Waals surface area (Å²) < 4.78 is 41.7. The molecule has 0 bridgehead atoms. The molecule has 0 unspecified atom stereocenters. The van der Waals surface area contributed by atoms with Gasteiger partial charge in [-0.2, -0.15) is 0 Å². The molecule has 1 heterocycles. The van der Waals surface area contributed by atoms with Gasteiger partial charge >= 0.3 is 0 Å². The van der Waals surface area contributed by atoms with Gasteiger partial charge in [-0.15, -0.1) is 5.10 Å². The van der Waals surface area contributed by atoms with Crippen LogP contribution in [-0.2, 0) is 23.1 Å². The molecule has 0 aliphatic rings. The van der Waals surface area contributed by atoms with Crippen molar-refractivity contribution in [3.8, 4) is 0 Å². The van der Waals surface area contributed by atoms with Crippen molar-refractivity contribution in [2.75, 3.05) is 6.54 Å². The van der Waals surface area contributed by atoms with Gasteiger partial charge in [-0.1, -0.05) is 11.3 Å². The molecular weight excluding hydrogens is 297 g/mol. The van der Waals surface area contributed by atoms with Crippen molar-refractivity contribution in [2.45, 2.75) is 24.4 Å². The Labute approximate surface area is 122 Å². The Hall–Kier alpha value is -1.84. The van der Waals surface area contributed by atoms with E-state index in [1.165, 1.54) is 12.1 Å². The molecule has 1 aromatic heterocycles. The summed E-state index contributed by atoms with van der Waals surface area (Å²) in [6.45, 7) is 0.861. The number of aryl methyl sites for hydroxylation is 1. The zero-order valence-corrected chi connectivity index (χ0v) is 12.1. The first-order valence-corrected chi connectivity index (χ1v) is 7.83. The lowest BCUT2D eigenvalue weighted by Gasteiger charge is -2.08. The topological polar surface area (TPSA) is 103 Å². The molecule has 2 aromatic rings. The highest BCUT2D eigenvalue weighted by Gasteiger charge is 2.18. The predicted octanol–water partition coefficient (Wildman–Crippen LogP) is 0.244. The van der Waals surface area contributed by atoms with Gasteiger partial charge in [0.2, 0.25) is 10.0 Å². The lowest BCUT2D eigenvalue weighted by Crippen LogP contribution is -2.26. The first-order valence-electron chi connectivity index (χ1n) is 6.35. The molecule has 0 saturated carbocycles. The van der Waals surface area contributed by atoms with E-state index in [1.54, 1.807) is 17.1 Å². The Kier molecular flexibility index (Phi) is 4.99. The molecule has 0 aliphatic carbocycles. The number of nitrogens with one attached hydrogen (secondary N) is 1. The van der Waals surface area contributed by atoms with Crippen LogP contribution in [0.5, 0.6) is 0 Å². The quantitative estimate of drug-likeness (QED) is 0.713. The van der Waals surface area contributed by atoms with Crippen LogP contribution in [0, 0.1) is 5.82 Å². The van der Waals surface area contributed by atoms with Crippen molar-refractivity contribution in [3.63, 3.8) is 0 Å². The Balaban J connectivity index is 1.95. The summed E-state index contributed by atoms with van der Waals surface area (Å²) in [6, 6.07) is 3.84. The maximum absolute atomic E-state index is 13.8. The molecule has 0 aliphatic heterocycles. The number of hydrogen-bond donors (Lipinski definition) is 2. The summed E-state index contributed by atoms with van der Waals surface area (Å²) in [7, 11) is -3.87. The van der Waals surface area contributed by atoms with Crippen molar-refractivity contribution in [3.05, 3.63) is 42.0 Å². The average Bonchev–Trinajstić information content (AvgIpc) is 2.96. The van der Waals surface area contributed by atoms with Crippen LogP contribution in [0.15, 0.2) is 35.5 Å². The normalized spacial score (nSPS) is 11.7. The van der Waals surface area contributed by atoms with E-state index in [4.69, 9.17) is 5.73 Å². The van der Waals surface area contributed by atoms with E-state index in [1.807, 2.05) is 0 Å². The summed E-state index contributed by atoms with van der Waals surface area (Å²) >= 11 is 0. The Morgan fingerprint density at radius 3 is 2.81 bits per heavy atom. The third kappa shape index (κ3) is 4.06. The third-order valence-corrected chi connectivity index (χ3v) is 4.34. The van der Waals surface area contributed by atoms with Crippen molar-refractivity contribution >= 4 is 10.0 Å². The average molecular weight is 313 g/mol. The molecule has 0 radical (unpaired) electrons. The molecular formula is C12H16FN5O2S. The van der Waals surface area contributed by atoms with Crippen LogP contribution in [0.1, 0.15) is 12.0 Å². The standard InChI is InChI=1S/C12H16FN5O2S/c13-11-8-10(9-14)2-3-12(11)21(19,20)16-4-1-6-18-7-5-15-17-18/h2-3,5,7-8,16H,1,4,6,9,14H2. The first-order chi connectivity index (χ1) is 10.0. The van der Waals surface area contributed by atoms with E-state index in [0.717, 1.165) is 6.07 Å². The van der Waals surface area contributed by atoms with Crippen LogP contribution in [0.4, 0.5) is 4.39 Å². The Morgan fingerprint density at radius 1 is 1.38 bits per heavy atom. The minimum absolute atomic E-state index is 0.155. The smallest absolute Gasteiger partial charge is 0.243 e. The van der Waals surface area contributed by atoms with Gasteiger partial charge < -0.3 is 5.73 Å². The van der Waals surface area contributed by atoms with E-state index in [9.17, 15) is 12.8 Å². The second-order valence-corrected chi connectivity index (χ2v) is 6.12. The zero-order chi connectivity index (χ0) is 15.3. The van der Waals surface area contributed by atoms with Gasteiger partial charge in [0.05, 0.1) is 6.20 Å². The minimum atomic E-state index is -3.87. The molecule has 0 atom stereocenters.